The van der Waals surface area contributed by atoms with E-state index in [1.54, 1.807) is 12.1 Å². The van der Waals surface area contributed by atoms with Crippen molar-refractivity contribution in [2.24, 2.45) is 11.5 Å². The van der Waals surface area contributed by atoms with Crippen molar-refractivity contribution in [3.05, 3.63) is 29.8 Å². The Balaban J connectivity index is 0.00000118. The summed E-state index contributed by atoms with van der Waals surface area (Å²) < 4.78 is 24.9. The van der Waals surface area contributed by atoms with E-state index >= 15 is 0 Å². The highest BCUT2D eigenvalue weighted by Crippen LogP contribution is 2.27. The van der Waals surface area contributed by atoms with Crippen LogP contribution in [0.4, 0.5) is 0 Å². The van der Waals surface area contributed by atoms with Crippen LogP contribution in [0.2, 0.25) is 0 Å². The molecule has 24 heavy (non-hydrogen) atoms. The number of unbranched alkanes of at least 4 members (excludes halogenated alkanes) is 1. The highest BCUT2D eigenvalue weighted by Gasteiger charge is 2.47. The molecule has 0 saturated carbocycles. The lowest BCUT2D eigenvalue weighted by Gasteiger charge is -2.24. The predicted octanol–water partition coefficient (Wildman–Crippen LogP) is 1.06. The van der Waals surface area contributed by atoms with Crippen molar-refractivity contribution in [1.29, 1.82) is 0 Å². The zero-order valence-electron chi connectivity index (χ0n) is 13.4. The van der Waals surface area contributed by atoms with Crippen LogP contribution in [0.25, 0.3) is 0 Å². The first-order valence-electron chi connectivity index (χ1n) is 7.20. The van der Waals surface area contributed by atoms with Crippen molar-refractivity contribution in [3.8, 4) is 0 Å². The number of carboxylic acid groups (broad SMARTS) is 1. The molecule has 136 valence electrons. The Kier molecular flexibility index (Phi) is 9.76. The summed E-state index contributed by atoms with van der Waals surface area (Å²) in [4.78, 5) is 18.0. The van der Waals surface area contributed by atoms with Crippen molar-refractivity contribution in [3.63, 3.8) is 0 Å². The van der Waals surface area contributed by atoms with E-state index in [0.29, 0.717) is 25.7 Å². The summed E-state index contributed by atoms with van der Waals surface area (Å²) in [6, 6.07) is 5.96. The van der Waals surface area contributed by atoms with E-state index in [4.69, 9.17) is 27.9 Å². The molecule has 7 nitrogen and oxygen atoms in total. The molecular weight excluding hydrogens is 356 g/mol. The lowest BCUT2D eigenvalue weighted by atomic mass is 10.1. The van der Waals surface area contributed by atoms with Gasteiger partial charge in [-0.1, -0.05) is 17.7 Å². The molecule has 0 spiro atoms. The zero-order valence-corrected chi connectivity index (χ0v) is 15.0. The van der Waals surface area contributed by atoms with Crippen LogP contribution in [0, 0.1) is 6.92 Å². The number of carboxylic acids is 1. The monoisotopic (exact) mass is 378 g/mol. The fourth-order valence-corrected chi connectivity index (χ4v) is 3.37. The number of hydrogen-bond acceptors (Lipinski definition) is 6. The molecule has 0 bridgehead atoms. The first kappa shape index (κ1) is 22.5. The van der Waals surface area contributed by atoms with Gasteiger partial charge in [-0.25, -0.2) is 13.2 Å². The normalized spacial score (nSPS) is 13.3. The number of hydrogen-bond donors (Lipinski definition) is 3. The topological polar surface area (TPSA) is 141 Å². The van der Waals surface area contributed by atoms with Gasteiger partial charge in [0.15, 0.2) is 0 Å². The molecule has 0 aromatic heterocycles. The van der Waals surface area contributed by atoms with Gasteiger partial charge in [-0.05, 0) is 44.9 Å². The number of carbonyl (C=O) groups excluding carboxylic acids is 1. The summed E-state index contributed by atoms with van der Waals surface area (Å²) >= 11 is 4.82. The average molecular weight is 379 g/mol. The SMILES string of the molecule is Cc1ccc(S(=O)(=O)C(N)(CCCCN)C(=O)O)cc1.O=CCCl. The molecule has 0 amide bonds. The van der Waals surface area contributed by atoms with E-state index in [0.717, 1.165) is 5.56 Å². The molecule has 5 N–H and O–H groups in total. The quantitative estimate of drug-likeness (QED) is 0.349. The number of benzene rings is 1. The summed E-state index contributed by atoms with van der Waals surface area (Å²) in [6.07, 6.45) is 1.33. The summed E-state index contributed by atoms with van der Waals surface area (Å²) in [5.74, 6) is -1.44. The number of sulfone groups is 1. The van der Waals surface area contributed by atoms with Crippen molar-refractivity contribution in [1.82, 2.24) is 0 Å². The second-order valence-corrected chi connectivity index (χ2v) is 7.59. The molecule has 0 aliphatic rings. The van der Waals surface area contributed by atoms with E-state index in [-0.39, 0.29) is 17.2 Å². The smallest absolute Gasteiger partial charge is 0.339 e. The van der Waals surface area contributed by atoms with Gasteiger partial charge in [0.1, 0.15) is 6.29 Å². The molecule has 1 atom stereocenters. The standard InChI is InChI=1S/C13H20N2O4S.C2H3ClO/c1-10-4-6-11(7-5-10)20(18,19)13(15,12(16)17)8-2-3-9-14;3-1-2-4/h4-7H,2-3,8-9,14-15H2,1H3,(H,16,17);2H,1H2. The van der Waals surface area contributed by atoms with Gasteiger partial charge in [0, 0.05) is 0 Å². The Hall–Kier alpha value is -1.48. The third-order valence-electron chi connectivity index (χ3n) is 3.24. The molecule has 9 heteroatoms. The Morgan fingerprint density at radius 3 is 2.17 bits per heavy atom. The van der Waals surface area contributed by atoms with Crippen molar-refractivity contribution < 1.29 is 23.1 Å². The Bertz CT molecular complexity index is 634. The van der Waals surface area contributed by atoms with E-state index in [1.807, 2.05) is 6.92 Å². The highest BCUT2D eigenvalue weighted by atomic mass is 35.5. The number of alkyl halides is 1. The first-order valence-corrected chi connectivity index (χ1v) is 9.22. The Morgan fingerprint density at radius 2 is 1.79 bits per heavy atom. The molecule has 1 aromatic carbocycles. The number of aryl methyl sites for hydroxylation is 1. The summed E-state index contributed by atoms with van der Waals surface area (Å²) in [5, 5.41) is 9.25. The average Bonchev–Trinajstić information content (AvgIpc) is 2.55. The molecule has 0 radical (unpaired) electrons. The number of nitrogens with two attached hydrogens (primary N) is 2. The molecule has 1 rings (SSSR count). The minimum atomic E-state index is -4.16. The lowest BCUT2D eigenvalue weighted by molar-refractivity contribution is -0.140. The number of aldehydes is 1. The maximum Gasteiger partial charge on any atom is 0.339 e. The highest BCUT2D eigenvalue weighted by molar-refractivity contribution is 7.93. The number of halogens is 1. The third kappa shape index (κ3) is 5.86. The largest absolute Gasteiger partial charge is 0.479 e. The van der Waals surface area contributed by atoms with E-state index in [9.17, 15) is 18.3 Å². The fourth-order valence-electron chi connectivity index (χ4n) is 1.82. The van der Waals surface area contributed by atoms with Crippen LogP contribution in [0.15, 0.2) is 29.2 Å². The minimum absolute atomic E-state index is 0.0826. The summed E-state index contributed by atoms with van der Waals surface area (Å²) in [5.41, 5.74) is 11.9. The molecule has 1 unspecified atom stereocenters. The lowest BCUT2D eigenvalue weighted by Crippen LogP contribution is -2.54. The van der Waals surface area contributed by atoms with Gasteiger partial charge in [0.25, 0.3) is 0 Å². The van der Waals surface area contributed by atoms with E-state index in [2.05, 4.69) is 0 Å². The maximum absolute atomic E-state index is 12.5. The van der Waals surface area contributed by atoms with E-state index in [1.165, 1.54) is 12.1 Å². The summed E-state index contributed by atoms with van der Waals surface area (Å²) in [6.45, 7) is 2.17. The Labute approximate surface area is 146 Å². The van der Waals surface area contributed by atoms with Gasteiger partial charge in [-0.15, -0.1) is 11.6 Å². The van der Waals surface area contributed by atoms with Gasteiger partial charge in [-0.3, -0.25) is 0 Å². The Morgan fingerprint density at radius 1 is 1.29 bits per heavy atom. The minimum Gasteiger partial charge on any atom is -0.479 e. The van der Waals surface area contributed by atoms with Crippen LogP contribution in [0.1, 0.15) is 24.8 Å². The third-order valence-corrected chi connectivity index (χ3v) is 5.59. The first-order chi connectivity index (χ1) is 11.2. The van der Waals surface area contributed by atoms with Crippen LogP contribution in [-0.4, -0.2) is 43.1 Å². The molecule has 0 heterocycles. The summed E-state index contributed by atoms with van der Waals surface area (Å²) in [7, 11) is -4.16. The molecule has 0 aliphatic heterocycles. The second kappa shape index (κ2) is 10.4. The van der Waals surface area contributed by atoms with Crippen LogP contribution < -0.4 is 11.5 Å². The van der Waals surface area contributed by atoms with Crippen molar-refractivity contribution in [2.75, 3.05) is 12.4 Å². The van der Waals surface area contributed by atoms with Gasteiger partial charge < -0.3 is 21.4 Å². The van der Waals surface area contributed by atoms with Gasteiger partial charge in [-0.2, -0.15) is 0 Å². The molecular formula is C15H23ClN2O5S. The predicted molar refractivity (Wildman–Crippen MR) is 92.6 cm³/mol. The fraction of sp³-hybridized carbons (Fsp3) is 0.467. The van der Waals surface area contributed by atoms with Gasteiger partial charge in [0.05, 0.1) is 10.8 Å². The van der Waals surface area contributed by atoms with Crippen LogP contribution in [-0.2, 0) is 19.4 Å². The van der Waals surface area contributed by atoms with Crippen LogP contribution in [0.5, 0.6) is 0 Å². The van der Waals surface area contributed by atoms with Gasteiger partial charge >= 0.3 is 5.97 Å². The number of aliphatic carboxylic acids is 1. The van der Waals surface area contributed by atoms with Crippen LogP contribution in [0.3, 0.4) is 0 Å². The second-order valence-electron chi connectivity index (χ2n) is 5.08. The molecule has 0 aliphatic carbocycles. The van der Waals surface area contributed by atoms with Crippen molar-refractivity contribution >= 4 is 33.7 Å². The molecule has 0 saturated heterocycles. The van der Waals surface area contributed by atoms with Gasteiger partial charge in [0.2, 0.25) is 14.7 Å². The molecule has 0 fully saturated rings. The molecule has 1 aromatic rings. The van der Waals surface area contributed by atoms with E-state index < -0.39 is 20.7 Å². The van der Waals surface area contributed by atoms with Crippen molar-refractivity contribution in [2.45, 2.75) is 36.0 Å². The zero-order chi connectivity index (χ0) is 18.8. The number of carbonyl (C=O) groups is 2. The van der Waals surface area contributed by atoms with Crippen LogP contribution >= 0.6 is 11.6 Å². The maximum atomic E-state index is 12.5. The number of rotatable bonds is 8.